The lowest BCUT2D eigenvalue weighted by Crippen LogP contribution is -2.51. The summed E-state index contributed by atoms with van der Waals surface area (Å²) in [5, 5.41) is 3.23. The summed E-state index contributed by atoms with van der Waals surface area (Å²) in [7, 11) is 1.63. The molecule has 1 amide bonds. The van der Waals surface area contributed by atoms with Gasteiger partial charge in [-0.15, -0.1) is 0 Å². The Morgan fingerprint density at radius 1 is 1.00 bits per heavy atom. The number of hydrogen-bond acceptors (Lipinski definition) is 5. The third-order valence-electron chi connectivity index (χ3n) is 9.11. The number of imidazole rings is 1. The molecule has 0 atom stereocenters. The first-order chi connectivity index (χ1) is 19.0. The van der Waals surface area contributed by atoms with Crippen LogP contribution in [0.1, 0.15) is 54.6 Å². The number of methoxy groups -OCH3 is 1. The van der Waals surface area contributed by atoms with E-state index in [9.17, 15) is 9.59 Å². The monoisotopic (exact) mass is 520 g/mol. The number of aromatic nitrogens is 3. The molecule has 7 nitrogen and oxygen atoms in total. The molecular formula is C32H32N4O3. The van der Waals surface area contributed by atoms with E-state index in [1.807, 2.05) is 48.5 Å². The van der Waals surface area contributed by atoms with Crippen LogP contribution in [0.25, 0.3) is 22.4 Å². The number of aromatic amines is 1. The van der Waals surface area contributed by atoms with Gasteiger partial charge in [0.05, 0.1) is 35.5 Å². The molecule has 0 radical (unpaired) electrons. The molecule has 2 aromatic carbocycles. The van der Waals surface area contributed by atoms with Gasteiger partial charge in [-0.1, -0.05) is 6.07 Å². The van der Waals surface area contributed by atoms with Crippen LogP contribution in [0.4, 0.5) is 5.69 Å². The van der Waals surface area contributed by atoms with Gasteiger partial charge in [-0.25, -0.2) is 4.98 Å². The number of pyridine rings is 1. The number of ether oxygens (including phenoxy) is 1. The summed E-state index contributed by atoms with van der Waals surface area (Å²) in [5.41, 5.74) is 4.23. The molecule has 4 aliphatic rings. The minimum absolute atomic E-state index is 0.00319. The molecule has 8 rings (SSSR count). The number of carbonyl (C=O) groups is 2. The standard InChI is InChI=1S/C32H32N4O3/c1-39-29-15-24(34-31(38)32-16-19-10-20(17-32)12-21(11-19)18-32)6-7-25(29)30-35-26-8-5-22(13-27(26)36-30)28(37)14-23-4-2-3-9-33-23/h2-9,13,15,19-21H,10-12,14,16-18H2,1H3,(H,34,38)(H,35,36). The van der Waals surface area contributed by atoms with Gasteiger partial charge >= 0.3 is 0 Å². The number of carbonyl (C=O) groups excluding carboxylic acids is 2. The molecule has 0 aliphatic heterocycles. The number of nitrogens with zero attached hydrogens (tertiary/aromatic N) is 2. The second-order valence-corrected chi connectivity index (χ2v) is 11.8. The molecule has 4 fully saturated rings. The highest BCUT2D eigenvalue weighted by molar-refractivity contribution is 6.00. The van der Waals surface area contributed by atoms with Crippen LogP contribution < -0.4 is 10.1 Å². The largest absolute Gasteiger partial charge is 0.496 e. The van der Waals surface area contributed by atoms with E-state index in [0.29, 0.717) is 17.1 Å². The Morgan fingerprint density at radius 2 is 1.77 bits per heavy atom. The molecule has 7 heteroatoms. The van der Waals surface area contributed by atoms with Crippen LogP contribution in [0, 0.1) is 23.2 Å². The van der Waals surface area contributed by atoms with E-state index < -0.39 is 0 Å². The van der Waals surface area contributed by atoms with Crippen molar-refractivity contribution in [2.75, 3.05) is 12.4 Å². The molecule has 0 saturated heterocycles. The Bertz CT molecular complexity index is 1540. The average molecular weight is 521 g/mol. The highest BCUT2D eigenvalue weighted by Gasteiger charge is 2.54. The average Bonchev–Trinajstić information content (AvgIpc) is 3.36. The predicted molar refractivity (Wildman–Crippen MR) is 150 cm³/mol. The Hall–Kier alpha value is -4.00. The Labute approximate surface area is 227 Å². The van der Waals surface area contributed by atoms with E-state index in [4.69, 9.17) is 9.72 Å². The maximum Gasteiger partial charge on any atom is 0.230 e. The van der Waals surface area contributed by atoms with Gasteiger partial charge in [0.2, 0.25) is 5.91 Å². The summed E-state index contributed by atoms with van der Waals surface area (Å²) >= 11 is 0. The maximum absolute atomic E-state index is 13.5. The van der Waals surface area contributed by atoms with Gasteiger partial charge in [-0.05, 0) is 98.7 Å². The van der Waals surface area contributed by atoms with E-state index in [2.05, 4.69) is 15.3 Å². The van der Waals surface area contributed by atoms with Crippen LogP contribution in [0.3, 0.4) is 0 Å². The van der Waals surface area contributed by atoms with Crippen LogP contribution in [-0.2, 0) is 11.2 Å². The molecule has 2 aromatic heterocycles. The first-order valence-corrected chi connectivity index (χ1v) is 13.9. The third kappa shape index (κ3) is 4.40. The van der Waals surface area contributed by atoms with E-state index in [1.54, 1.807) is 19.4 Å². The SMILES string of the molecule is COc1cc(NC(=O)C23CC4CC(CC(C4)C2)C3)ccc1-c1nc2ccc(C(=O)Cc3ccccn3)cc2[nH]1. The lowest BCUT2D eigenvalue weighted by molar-refractivity contribution is -0.140. The molecule has 4 aliphatic carbocycles. The van der Waals surface area contributed by atoms with Crippen LogP contribution in [0.15, 0.2) is 60.8 Å². The zero-order chi connectivity index (χ0) is 26.6. The van der Waals surface area contributed by atoms with E-state index in [0.717, 1.165) is 65.0 Å². The predicted octanol–water partition coefficient (Wildman–Crippen LogP) is 6.21. The number of Topliss-reactive ketones (excluding diaryl/α,β-unsaturated/α-hetero) is 1. The lowest BCUT2D eigenvalue weighted by Gasteiger charge is -2.55. The van der Waals surface area contributed by atoms with Crippen molar-refractivity contribution in [2.45, 2.75) is 44.9 Å². The fourth-order valence-corrected chi connectivity index (χ4v) is 7.70. The summed E-state index contributed by atoms with van der Waals surface area (Å²) in [5.74, 6) is 3.61. The molecule has 4 saturated carbocycles. The fraction of sp³-hybridized carbons (Fsp3) is 0.375. The zero-order valence-corrected chi connectivity index (χ0v) is 22.1. The second-order valence-electron chi connectivity index (χ2n) is 11.8. The Balaban J connectivity index is 1.11. The van der Waals surface area contributed by atoms with Crippen molar-refractivity contribution in [3.8, 4) is 17.1 Å². The molecular weight excluding hydrogens is 488 g/mol. The number of H-pyrrole nitrogens is 1. The van der Waals surface area contributed by atoms with Gasteiger partial charge in [0.1, 0.15) is 11.6 Å². The van der Waals surface area contributed by atoms with Crippen LogP contribution in [0.5, 0.6) is 5.75 Å². The van der Waals surface area contributed by atoms with Crippen molar-refractivity contribution in [2.24, 2.45) is 23.2 Å². The molecule has 0 unspecified atom stereocenters. The van der Waals surface area contributed by atoms with Gasteiger partial charge < -0.3 is 15.0 Å². The first-order valence-electron chi connectivity index (χ1n) is 13.9. The molecule has 2 N–H and O–H groups in total. The molecule has 198 valence electrons. The number of rotatable bonds is 7. The van der Waals surface area contributed by atoms with Crippen molar-refractivity contribution in [3.63, 3.8) is 0 Å². The molecule has 2 heterocycles. The van der Waals surface area contributed by atoms with Crippen molar-refractivity contribution in [3.05, 3.63) is 72.1 Å². The summed E-state index contributed by atoms with van der Waals surface area (Å²) in [6.45, 7) is 0. The molecule has 4 bridgehead atoms. The number of ketones is 1. The minimum Gasteiger partial charge on any atom is -0.496 e. The van der Waals surface area contributed by atoms with Crippen molar-refractivity contribution in [1.29, 1.82) is 0 Å². The first kappa shape index (κ1) is 24.1. The summed E-state index contributed by atoms with van der Waals surface area (Å²) in [6, 6.07) is 16.8. The number of hydrogen-bond donors (Lipinski definition) is 2. The number of anilines is 1. The lowest BCUT2D eigenvalue weighted by atomic mass is 9.49. The minimum atomic E-state index is -0.203. The number of nitrogens with one attached hydrogen (secondary N) is 2. The Morgan fingerprint density at radius 3 is 2.46 bits per heavy atom. The van der Waals surface area contributed by atoms with Crippen LogP contribution in [0.2, 0.25) is 0 Å². The van der Waals surface area contributed by atoms with E-state index in [1.165, 1.54) is 19.3 Å². The topological polar surface area (TPSA) is 97.0 Å². The number of fused-ring (bicyclic) bond motifs is 1. The van der Waals surface area contributed by atoms with Gasteiger partial charge in [0, 0.05) is 29.2 Å². The molecule has 0 spiro atoms. The smallest absolute Gasteiger partial charge is 0.230 e. The van der Waals surface area contributed by atoms with Crippen LogP contribution in [-0.4, -0.2) is 33.8 Å². The van der Waals surface area contributed by atoms with E-state index in [-0.39, 0.29) is 23.5 Å². The fourth-order valence-electron chi connectivity index (χ4n) is 7.70. The zero-order valence-electron chi connectivity index (χ0n) is 22.1. The normalized spacial score (nSPS) is 25.1. The number of benzene rings is 2. The van der Waals surface area contributed by atoms with Crippen molar-refractivity contribution in [1.82, 2.24) is 15.0 Å². The van der Waals surface area contributed by atoms with Crippen LogP contribution >= 0.6 is 0 Å². The van der Waals surface area contributed by atoms with Gasteiger partial charge in [0.15, 0.2) is 5.78 Å². The van der Waals surface area contributed by atoms with Crippen molar-refractivity contribution >= 4 is 28.4 Å². The highest BCUT2D eigenvalue weighted by Crippen LogP contribution is 2.60. The Kier molecular flexibility index (Phi) is 5.76. The maximum atomic E-state index is 13.5. The molecule has 4 aromatic rings. The van der Waals surface area contributed by atoms with Crippen molar-refractivity contribution < 1.29 is 14.3 Å². The van der Waals surface area contributed by atoms with E-state index >= 15 is 0 Å². The second kappa shape index (κ2) is 9.33. The van der Waals surface area contributed by atoms with Gasteiger partial charge in [0.25, 0.3) is 0 Å². The van der Waals surface area contributed by atoms with Gasteiger partial charge in [-0.2, -0.15) is 0 Å². The third-order valence-corrected chi connectivity index (χ3v) is 9.11. The summed E-state index contributed by atoms with van der Waals surface area (Å²) < 4.78 is 5.72. The summed E-state index contributed by atoms with van der Waals surface area (Å²) in [6.07, 6.45) is 8.98. The quantitative estimate of drug-likeness (QED) is 0.282. The van der Waals surface area contributed by atoms with Gasteiger partial charge in [-0.3, -0.25) is 14.6 Å². The summed E-state index contributed by atoms with van der Waals surface area (Å²) in [4.78, 5) is 38.7. The highest BCUT2D eigenvalue weighted by atomic mass is 16.5. The number of amides is 1. The molecule has 39 heavy (non-hydrogen) atoms.